The highest BCUT2D eigenvalue weighted by atomic mass is 16.5. The molecule has 11 heteroatoms. The number of urea groups is 1. The van der Waals surface area contributed by atoms with E-state index in [0.29, 0.717) is 49.8 Å². The summed E-state index contributed by atoms with van der Waals surface area (Å²) in [4.78, 5) is 47.7. The van der Waals surface area contributed by atoms with Crippen LogP contribution < -0.4 is 26.4 Å². The fourth-order valence-electron chi connectivity index (χ4n) is 7.75. The number of piperazine rings is 1. The number of nitrogens with zero attached hydrogens (tertiary/aromatic N) is 5. The zero-order valence-electron chi connectivity index (χ0n) is 26.6. The second-order valence-electron chi connectivity index (χ2n) is 14.1. The summed E-state index contributed by atoms with van der Waals surface area (Å²) in [5.41, 5.74) is 7.00. The van der Waals surface area contributed by atoms with Crippen LogP contribution in [-0.2, 0) is 11.2 Å². The van der Waals surface area contributed by atoms with Crippen molar-refractivity contribution >= 4 is 17.8 Å². The quantitative estimate of drug-likeness (QED) is 0.497. The van der Waals surface area contributed by atoms with Crippen LogP contribution in [-0.4, -0.2) is 90.3 Å². The second-order valence-corrected chi connectivity index (χ2v) is 14.1. The first-order valence-corrected chi connectivity index (χ1v) is 16.1. The lowest BCUT2D eigenvalue weighted by Gasteiger charge is -2.38. The third-order valence-corrected chi connectivity index (χ3v) is 10.3. The number of anilines is 1. The molecule has 238 valence electrons. The van der Waals surface area contributed by atoms with Crippen molar-refractivity contribution in [1.29, 1.82) is 0 Å². The summed E-state index contributed by atoms with van der Waals surface area (Å²) in [6.07, 6.45) is 9.33. The van der Waals surface area contributed by atoms with E-state index in [2.05, 4.69) is 23.4 Å². The molecule has 4 aliphatic rings. The molecule has 1 aromatic heterocycles. The molecule has 6 rings (SSSR count). The zero-order chi connectivity index (χ0) is 31.2. The minimum Gasteiger partial charge on any atom is -0.493 e. The summed E-state index contributed by atoms with van der Waals surface area (Å²) in [7, 11) is 3.68. The van der Waals surface area contributed by atoms with E-state index in [1.807, 2.05) is 12.1 Å². The highest BCUT2D eigenvalue weighted by Crippen LogP contribution is 2.62. The Morgan fingerprint density at radius 2 is 1.91 bits per heavy atom. The molecular formula is C33H47N7O4. The molecule has 4 atom stereocenters. The molecule has 0 radical (unpaired) electrons. The maximum Gasteiger partial charge on any atom is 0.354 e. The Labute approximate surface area is 259 Å². The Hall–Kier alpha value is -3.44. The molecule has 3 heterocycles. The van der Waals surface area contributed by atoms with E-state index in [9.17, 15) is 14.4 Å². The normalized spacial score (nSPS) is 26.3. The molecule has 0 spiro atoms. The van der Waals surface area contributed by atoms with Crippen LogP contribution in [0.25, 0.3) is 5.69 Å². The molecule has 2 aromatic rings. The van der Waals surface area contributed by atoms with Gasteiger partial charge in [-0.1, -0.05) is 6.07 Å². The lowest BCUT2D eigenvalue weighted by atomic mass is 9.76. The summed E-state index contributed by atoms with van der Waals surface area (Å²) in [5, 5.41) is 3.40. The van der Waals surface area contributed by atoms with E-state index in [4.69, 9.17) is 10.5 Å². The van der Waals surface area contributed by atoms with Crippen LogP contribution in [0.15, 0.2) is 35.3 Å². The molecule has 3 fully saturated rings. The maximum atomic E-state index is 13.2. The highest BCUT2D eigenvalue weighted by molar-refractivity contribution is 5.91. The van der Waals surface area contributed by atoms with E-state index in [-0.39, 0.29) is 17.8 Å². The maximum absolute atomic E-state index is 13.2. The molecule has 3 amide bonds. The summed E-state index contributed by atoms with van der Waals surface area (Å²) in [6.45, 7) is 6.84. The predicted octanol–water partition coefficient (Wildman–Crippen LogP) is 2.64. The average molecular weight is 606 g/mol. The molecule has 2 aliphatic carbocycles. The predicted molar refractivity (Wildman–Crippen MR) is 169 cm³/mol. The van der Waals surface area contributed by atoms with Crippen LogP contribution in [0, 0.1) is 23.2 Å². The molecule has 2 saturated carbocycles. The SMILES string of the molecule is CNCC12CCC(CC3COc4cc(-n5ccc(N(C)C(=O)N6CCN(C(=O)C(C)(C)N)CC6)nc5=O)ccc4C3)CC1C2. The summed E-state index contributed by atoms with van der Waals surface area (Å²) >= 11 is 0. The monoisotopic (exact) mass is 605 g/mol. The molecule has 3 N–H and O–H groups in total. The van der Waals surface area contributed by atoms with Gasteiger partial charge < -0.3 is 25.6 Å². The number of benzene rings is 1. The molecular weight excluding hydrogens is 558 g/mol. The topological polar surface area (TPSA) is 126 Å². The molecule has 11 nitrogen and oxygen atoms in total. The number of carbonyl (C=O) groups excluding carboxylic acids is 2. The van der Waals surface area contributed by atoms with Crippen molar-refractivity contribution in [3.63, 3.8) is 0 Å². The van der Waals surface area contributed by atoms with Gasteiger partial charge in [0.15, 0.2) is 0 Å². The Balaban J connectivity index is 1.05. The van der Waals surface area contributed by atoms with Gasteiger partial charge in [-0.3, -0.25) is 14.3 Å². The Bertz CT molecular complexity index is 1460. The van der Waals surface area contributed by atoms with Crippen molar-refractivity contribution in [2.24, 2.45) is 28.9 Å². The number of hydrogen-bond donors (Lipinski definition) is 2. The number of ether oxygens (including phenoxy) is 1. The number of nitrogens with two attached hydrogens (primary N) is 1. The lowest BCUT2D eigenvalue weighted by Crippen LogP contribution is -2.59. The van der Waals surface area contributed by atoms with Crippen LogP contribution in [0.1, 0.15) is 51.5 Å². The van der Waals surface area contributed by atoms with Gasteiger partial charge in [-0.15, -0.1) is 0 Å². The van der Waals surface area contributed by atoms with Gasteiger partial charge in [0.25, 0.3) is 0 Å². The molecule has 44 heavy (non-hydrogen) atoms. The zero-order valence-corrected chi connectivity index (χ0v) is 26.6. The van der Waals surface area contributed by atoms with Crippen LogP contribution in [0.5, 0.6) is 5.75 Å². The number of rotatable bonds is 7. The molecule has 0 bridgehead atoms. The van der Waals surface area contributed by atoms with Gasteiger partial charge in [0.05, 0.1) is 17.8 Å². The van der Waals surface area contributed by atoms with Crippen molar-refractivity contribution < 1.29 is 14.3 Å². The van der Waals surface area contributed by atoms with Crippen LogP contribution >= 0.6 is 0 Å². The summed E-state index contributed by atoms with van der Waals surface area (Å²) in [5.74, 6) is 3.20. The number of carbonyl (C=O) groups is 2. The van der Waals surface area contributed by atoms with Crippen LogP contribution in [0.2, 0.25) is 0 Å². The van der Waals surface area contributed by atoms with Gasteiger partial charge in [-0.2, -0.15) is 4.98 Å². The van der Waals surface area contributed by atoms with Crippen molar-refractivity contribution in [1.82, 2.24) is 24.7 Å². The van der Waals surface area contributed by atoms with Crippen LogP contribution in [0.4, 0.5) is 10.6 Å². The van der Waals surface area contributed by atoms with Crippen molar-refractivity contribution in [3.05, 3.63) is 46.5 Å². The van der Waals surface area contributed by atoms with Gasteiger partial charge in [-0.25, -0.2) is 9.59 Å². The number of amides is 3. The largest absolute Gasteiger partial charge is 0.493 e. The number of aromatic nitrogens is 2. The number of hydrogen-bond acceptors (Lipinski definition) is 7. The minimum atomic E-state index is -0.950. The van der Waals surface area contributed by atoms with Crippen molar-refractivity contribution in [2.45, 2.75) is 57.9 Å². The van der Waals surface area contributed by atoms with E-state index >= 15 is 0 Å². The molecule has 2 aliphatic heterocycles. The Morgan fingerprint density at radius 3 is 2.59 bits per heavy atom. The molecule has 1 aromatic carbocycles. The summed E-state index contributed by atoms with van der Waals surface area (Å²) < 4.78 is 7.72. The first-order valence-electron chi connectivity index (χ1n) is 16.1. The third kappa shape index (κ3) is 6.08. The first kappa shape index (κ1) is 30.6. The fraction of sp³-hybridized carbons (Fsp3) is 0.636. The van der Waals surface area contributed by atoms with E-state index in [0.717, 1.165) is 24.0 Å². The number of nitrogens with one attached hydrogen (secondary N) is 1. The fourth-order valence-corrected chi connectivity index (χ4v) is 7.75. The van der Waals surface area contributed by atoms with Crippen LogP contribution in [0.3, 0.4) is 0 Å². The van der Waals surface area contributed by atoms with Gasteiger partial charge in [0.1, 0.15) is 11.6 Å². The first-order chi connectivity index (χ1) is 21.0. The summed E-state index contributed by atoms with van der Waals surface area (Å²) in [6, 6.07) is 7.34. The van der Waals surface area contributed by atoms with Gasteiger partial charge in [0.2, 0.25) is 5.91 Å². The van der Waals surface area contributed by atoms with Crippen molar-refractivity contribution in [2.75, 3.05) is 58.3 Å². The highest BCUT2D eigenvalue weighted by Gasteiger charge is 2.55. The average Bonchev–Trinajstić information content (AvgIpc) is 3.72. The van der Waals surface area contributed by atoms with E-state index in [1.165, 1.54) is 53.7 Å². The van der Waals surface area contributed by atoms with E-state index in [1.54, 1.807) is 43.0 Å². The third-order valence-electron chi connectivity index (χ3n) is 10.3. The Morgan fingerprint density at radius 1 is 1.16 bits per heavy atom. The Kier molecular flexibility index (Phi) is 8.21. The number of fused-ring (bicyclic) bond motifs is 2. The lowest BCUT2D eigenvalue weighted by molar-refractivity contribution is -0.137. The molecule has 1 saturated heterocycles. The standard InChI is InChI=1S/C33H47N7O4/c1-32(2,34)29(41)38-11-13-39(14-12-38)31(43)37(4)28-8-10-40(30(42)36-28)26-6-5-24-16-23(20-44-27(24)18-26)15-22-7-9-33(21-35-3)19-25(33)17-22/h5-6,8,10,18,22-23,25,35H,7,9,11-17,19-21,34H2,1-4H3. The molecule has 4 unspecified atom stereocenters. The smallest absolute Gasteiger partial charge is 0.354 e. The van der Waals surface area contributed by atoms with Gasteiger partial charge in [0, 0.05) is 52.0 Å². The van der Waals surface area contributed by atoms with Gasteiger partial charge >= 0.3 is 11.7 Å². The van der Waals surface area contributed by atoms with Gasteiger partial charge in [-0.05, 0) is 100 Å². The second kappa shape index (κ2) is 11.8. The van der Waals surface area contributed by atoms with E-state index < -0.39 is 11.2 Å². The van der Waals surface area contributed by atoms with Crippen molar-refractivity contribution in [3.8, 4) is 11.4 Å². The minimum absolute atomic E-state index is 0.135.